The van der Waals surface area contributed by atoms with E-state index in [1.54, 1.807) is 0 Å². The van der Waals surface area contributed by atoms with Crippen molar-refractivity contribution in [1.82, 2.24) is 4.58 Å². The second kappa shape index (κ2) is 9.48. The first kappa shape index (κ1) is 26.1. The van der Waals surface area contributed by atoms with E-state index in [1.807, 2.05) is 0 Å². The van der Waals surface area contributed by atoms with Crippen molar-refractivity contribution in [3.63, 3.8) is 0 Å². The summed E-state index contributed by atoms with van der Waals surface area (Å²) >= 11 is 13.6. The number of amides is 1. The van der Waals surface area contributed by atoms with Gasteiger partial charge >= 0.3 is 5.97 Å². The summed E-state index contributed by atoms with van der Waals surface area (Å²) in [6.45, 7) is 4.11. The standard InChI is InChI=1S/C33H29Cl2N3O4/c34-23-15-22(32(36)39)27(35)26(33(40)41)25(23)24-20-13-16-5-1-9-37-11-3-7-18(28(16)37)30(20)42-31-19-8-4-12-38-10-2-6-17(29(19)38)14-21(24)31/h13-15H,1-12H2,(H2-,36,39,40,41)/p+1. The molecule has 5 aliphatic heterocycles. The molecule has 3 aromatic carbocycles. The third-order valence-electron chi connectivity index (χ3n) is 9.63. The van der Waals surface area contributed by atoms with E-state index in [2.05, 4.69) is 21.6 Å². The molecular formula is C33H30Cl2N3O4+. The quantitative estimate of drug-likeness (QED) is 0.342. The fraction of sp³-hybridized carbons (Fsp3) is 0.364. The van der Waals surface area contributed by atoms with E-state index in [1.165, 1.54) is 39.4 Å². The lowest BCUT2D eigenvalue weighted by molar-refractivity contribution is 0.0696. The fourth-order valence-electron chi connectivity index (χ4n) is 8.03. The summed E-state index contributed by atoms with van der Waals surface area (Å²) in [6.07, 6.45) is 7.83. The van der Waals surface area contributed by atoms with Crippen LogP contribution in [0.2, 0.25) is 10.0 Å². The largest absolute Gasteiger partial charge is 0.478 e. The second-order valence-corrected chi connectivity index (χ2v) is 12.8. The highest BCUT2D eigenvalue weighted by molar-refractivity contribution is 6.40. The first-order valence-corrected chi connectivity index (χ1v) is 15.6. The van der Waals surface area contributed by atoms with Gasteiger partial charge in [0.1, 0.15) is 24.6 Å². The third kappa shape index (κ3) is 3.62. The Kier molecular flexibility index (Phi) is 5.89. The molecule has 9 heteroatoms. The number of ether oxygens (including phenoxy) is 1. The number of hydrogen-bond donors (Lipinski definition) is 2. The minimum atomic E-state index is -1.27. The number of hydrogen-bond acceptors (Lipinski definition) is 4. The van der Waals surface area contributed by atoms with Crippen LogP contribution >= 0.6 is 23.2 Å². The van der Waals surface area contributed by atoms with E-state index in [4.69, 9.17) is 33.7 Å². The molecule has 3 N–H and O–H groups in total. The zero-order valence-corrected chi connectivity index (χ0v) is 24.6. The number of rotatable bonds is 3. The first-order chi connectivity index (χ1) is 20.3. The summed E-state index contributed by atoms with van der Waals surface area (Å²) in [5.41, 5.74) is 13.2. The molecule has 0 saturated heterocycles. The molecule has 0 fully saturated rings. The maximum Gasteiger partial charge on any atom is 0.337 e. The van der Waals surface area contributed by atoms with Gasteiger partial charge in [-0.3, -0.25) is 4.79 Å². The number of nitrogens with zero attached hydrogens (tertiary/aromatic N) is 2. The molecule has 0 radical (unpaired) electrons. The van der Waals surface area contributed by atoms with Crippen molar-refractivity contribution in [3.8, 4) is 11.5 Å². The molecule has 0 saturated carbocycles. The van der Waals surface area contributed by atoms with E-state index in [0.717, 1.165) is 99.8 Å². The van der Waals surface area contributed by atoms with Crippen LogP contribution in [0.5, 0.6) is 11.5 Å². The number of anilines is 1. The number of aryl methyl sites for hydroxylation is 2. The van der Waals surface area contributed by atoms with Gasteiger partial charge in [0.25, 0.3) is 0 Å². The Balaban J connectivity index is 1.57. The van der Waals surface area contributed by atoms with Crippen LogP contribution in [-0.2, 0) is 25.7 Å². The molecule has 0 aromatic heterocycles. The average molecular weight is 604 g/mol. The van der Waals surface area contributed by atoms with Crippen LogP contribution in [0.1, 0.15) is 79.8 Å². The molecule has 0 atom stereocenters. The number of carbonyl (C=O) groups is 2. The predicted molar refractivity (Wildman–Crippen MR) is 162 cm³/mol. The smallest absolute Gasteiger partial charge is 0.337 e. The van der Waals surface area contributed by atoms with Gasteiger partial charge in [-0.2, -0.15) is 0 Å². The lowest BCUT2D eigenvalue weighted by Crippen LogP contribution is -2.45. The molecule has 42 heavy (non-hydrogen) atoms. The van der Waals surface area contributed by atoms with Crippen molar-refractivity contribution in [3.05, 3.63) is 83.3 Å². The van der Waals surface area contributed by atoms with Crippen LogP contribution in [0, 0.1) is 0 Å². The van der Waals surface area contributed by atoms with Gasteiger partial charge in [0, 0.05) is 64.7 Å². The lowest BCUT2D eigenvalue weighted by atomic mass is 9.81. The zero-order chi connectivity index (χ0) is 28.9. The number of primary amides is 1. The van der Waals surface area contributed by atoms with E-state index in [9.17, 15) is 14.7 Å². The molecule has 0 unspecified atom stereocenters. The van der Waals surface area contributed by atoms with Crippen molar-refractivity contribution in [1.29, 1.82) is 0 Å². The number of fused-ring (bicyclic) bond motifs is 4. The van der Waals surface area contributed by atoms with Crippen molar-refractivity contribution in [2.45, 2.75) is 51.4 Å². The van der Waals surface area contributed by atoms with Gasteiger partial charge in [-0.15, -0.1) is 0 Å². The summed E-state index contributed by atoms with van der Waals surface area (Å²) in [5.74, 6) is -0.520. The Bertz CT molecular complexity index is 1910. The number of carboxylic acids is 1. The Morgan fingerprint density at radius 3 is 2.38 bits per heavy atom. The lowest BCUT2D eigenvalue weighted by Gasteiger charge is -2.39. The SMILES string of the molecule is NC(=O)c1cc(Cl)c(C2=c3cc4c5c(c3Oc3c2cc2c6c3CCCN6CCC2)CCC[N+]=5CCC4)c(C(=O)O)c1Cl. The number of carbonyl (C=O) groups excluding carboxylic acids is 1. The molecule has 5 aliphatic rings. The number of nitrogens with two attached hydrogens (primary N) is 1. The summed E-state index contributed by atoms with van der Waals surface area (Å²) in [5, 5.41) is 12.6. The Morgan fingerprint density at radius 1 is 0.905 bits per heavy atom. The molecule has 0 aliphatic carbocycles. The summed E-state index contributed by atoms with van der Waals surface area (Å²) in [6, 6.07) is 5.77. The van der Waals surface area contributed by atoms with Crippen LogP contribution in [0.15, 0.2) is 18.2 Å². The predicted octanol–water partition coefficient (Wildman–Crippen LogP) is 4.23. The van der Waals surface area contributed by atoms with Gasteiger partial charge in [0.05, 0.1) is 26.7 Å². The summed E-state index contributed by atoms with van der Waals surface area (Å²) < 4.78 is 9.51. The maximum absolute atomic E-state index is 12.9. The van der Waals surface area contributed by atoms with Crippen LogP contribution in [0.25, 0.3) is 5.57 Å². The highest BCUT2D eigenvalue weighted by Gasteiger charge is 2.37. The zero-order valence-electron chi connectivity index (χ0n) is 23.1. The maximum atomic E-state index is 12.9. The monoisotopic (exact) mass is 602 g/mol. The number of carboxylic acid groups (broad SMARTS) is 1. The highest BCUT2D eigenvalue weighted by atomic mass is 35.5. The first-order valence-electron chi connectivity index (χ1n) is 14.8. The van der Waals surface area contributed by atoms with Crippen LogP contribution < -0.4 is 30.5 Å². The Hall–Kier alpha value is -3.55. The van der Waals surface area contributed by atoms with E-state index < -0.39 is 11.9 Å². The van der Waals surface area contributed by atoms with E-state index in [-0.39, 0.29) is 21.2 Å². The minimum absolute atomic E-state index is 0.108. The fourth-order valence-corrected chi connectivity index (χ4v) is 8.65. The second-order valence-electron chi connectivity index (χ2n) is 12.0. The minimum Gasteiger partial charge on any atom is -0.478 e. The summed E-state index contributed by atoms with van der Waals surface area (Å²) in [7, 11) is 0. The average Bonchev–Trinajstić information content (AvgIpc) is 2.98. The molecule has 8 rings (SSSR count). The van der Waals surface area contributed by atoms with Gasteiger partial charge in [-0.1, -0.05) is 23.2 Å². The number of benzene rings is 3. The van der Waals surface area contributed by atoms with Crippen molar-refractivity contribution < 1.29 is 19.4 Å². The molecular weight excluding hydrogens is 573 g/mol. The van der Waals surface area contributed by atoms with Crippen molar-refractivity contribution >= 4 is 46.3 Å². The van der Waals surface area contributed by atoms with Crippen molar-refractivity contribution in [2.75, 3.05) is 31.1 Å². The highest BCUT2D eigenvalue weighted by Crippen LogP contribution is 2.50. The van der Waals surface area contributed by atoms with Gasteiger partial charge in [0.15, 0.2) is 0 Å². The number of aromatic carboxylic acids is 1. The number of halogens is 2. The van der Waals surface area contributed by atoms with E-state index >= 15 is 0 Å². The Morgan fingerprint density at radius 2 is 1.62 bits per heavy atom. The van der Waals surface area contributed by atoms with Gasteiger partial charge in [-0.25, -0.2) is 9.37 Å². The summed E-state index contributed by atoms with van der Waals surface area (Å²) in [4.78, 5) is 27.6. The topological polar surface area (TPSA) is 95.9 Å². The molecule has 1 amide bonds. The molecule has 5 heterocycles. The van der Waals surface area contributed by atoms with Gasteiger partial charge in [-0.05, 0) is 62.3 Å². The van der Waals surface area contributed by atoms with Crippen LogP contribution in [-0.4, -0.2) is 43.2 Å². The van der Waals surface area contributed by atoms with Gasteiger partial charge < -0.3 is 20.5 Å². The third-order valence-corrected chi connectivity index (χ3v) is 10.3. The molecule has 7 nitrogen and oxygen atoms in total. The van der Waals surface area contributed by atoms with E-state index in [0.29, 0.717) is 11.1 Å². The van der Waals surface area contributed by atoms with Crippen molar-refractivity contribution in [2.24, 2.45) is 5.73 Å². The molecule has 3 aromatic rings. The van der Waals surface area contributed by atoms with Gasteiger partial charge in [0.2, 0.25) is 11.3 Å². The molecule has 214 valence electrons. The molecule has 0 bridgehead atoms. The normalized spacial score (nSPS) is 18.0. The molecule has 0 spiro atoms. The Labute approximate surface area is 252 Å². The van der Waals surface area contributed by atoms with Crippen LogP contribution in [0.3, 0.4) is 0 Å². The van der Waals surface area contributed by atoms with Crippen LogP contribution in [0.4, 0.5) is 5.69 Å².